The first-order valence-electron chi connectivity index (χ1n) is 11.9. The number of ether oxygens (including phenoxy) is 1. The standard InChI is InChI=1S/C26H25Cl2N5O5/c1-18-24(26(34)30-31-12-15-37-16-13-31)29-25(22-11-8-20(27)17-23(22)28)32(18)21-9-6-19(7-10-21)5-3-2-4-14-38-33(35)36/h6-11,17H,2,4,12-16H2,1H3,(H,30,34). The molecule has 1 aliphatic rings. The van der Waals surface area contributed by atoms with Crippen molar-refractivity contribution in [2.75, 3.05) is 32.9 Å². The zero-order chi connectivity index (χ0) is 27.1. The lowest BCUT2D eigenvalue weighted by Crippen LogP contribution is -2.48. The topological polar surface area (TPSA) is 112 Å². The Morgan fingerprint density at radius 2 is 1.95 bits per heavy atom. The van der Waals surface area contributed by atoms with Gasteiger partial charge in [0.05, 0.1) is 30.5 Å². The van der Waals surface area contributed by atoms with Gasteiger partial charge in [-0.3, -0.25) is 14.8 Å². The number of carbonyl (C=O) groups excluding carboxylic acids is 1. The number of halogens is 2. The number of nitrogens with zero attached hydrogens (tertiary/aromatic N) is 4. The molecule has 10 nitrogen and oxygen atoms in total. The highest BCUT2D eigenvalue weighted by Crippen LogP contribution is 2.33. The molecule has 198 valence electrons. The van der Waals surface area contributed by atoms with Crippen molar-refractivity contribution in [3.63, 3.8) is 0 Å². The number of hydrogen-bond donors (Lipinski definition) is 1. The minimum atomic E-state index is -0.812. The van der Waals surface area contributed by atoms with Crippen LogP contribution in [0, 0.1) is 28.9 Å². The molecule has 2 aromatic carbocycles. The van der Waals surface area contributed by atoms with Gasteiger partial charge < -0.3 is 9.57 Å². The summed E-state index contributed by atoms with van der Waals surface area (Å²) in [5.74, 6) is 6.21. The van der Waals surface area contributed by atoms with E-state index in [1.165, 1.54) is 0 Å². The molecule has 12 heteroatoms. The smallest absolute Gasteiger partial charge is 0.294 e. The van der Waals surface area contributed by atoms with Gasteiger partial charge in [-0.25, -0.2) is 9.99 Å². The van der Waals surface area contributed by atoms with Gasteiger partial charge in [-0.05, 0) is 55.8 Å². The SMILES string of the molecule is Cc1c(C(=O)NN2CCOCC2)nc(-c2ccc(Cl)cc2Cl)n1-c1ccc(C#CCCCO[N+](=O)[O-])cc1. The van der Waals surface area contributed by atoms with E-state index in [1.807, 2.05) is 40.8 Å². The number of aromatic nitrogens is 2. The number of hydrazine groups is 1. The van der Waals surface area contributed by atoms with Crippen LogP contribution in [0.3, 0.4) is 0 Å². The van der Waals surface area contributed by atoms with E-state index in [-0.39, 0.29) is 18.2 Å². The number of unbranched alkanes of at least 4 members (excludes halogenated alkanes) is 1. The Kier molecular flexibility index (Phi) is 9.20. The van der Waals surface area contributed by atoms with Gasteiger partial charge in [-0.1, -0.05) is 35.0 Å². The number of rotatable bonds is 8. The van der Waals surface area contributed by atoms with Gasteiger partial charge in [0.15, 0.2) is 5.69 Å². The van der Waals surface area contributed by atoms with E-state index in [0.717, 1.165) is 11.3 Å². The first kappa shape index (κ1) is 27.4. The molecule has 1 amide bonds. The fraction of sp³-hybridized carbons (Fsp3) is 0.308. The summed E-state index contributed by atoms with van der Waals surface area (Å²) >= 11 is 12.6. The number of hydrogen-bond acceptors (Lipinski definition) is 7. The van der Waals surface area contributed by atoms with Crippen LogP contribution < -0.4 is 5.43 Å². The summed E-state index contributed by atoms with van der Waals surface area (Å²) in [7, 11) is 0. The second-order valence-electron chi connectivity index (χ2n) is 8.38. The summed E-state index contributed by atoms with van der Waals surface area (Å²) in [5, 5.41) is 12.1. The molecule has 0 atom stereocenters. The molecule has 3 aromatic rings. The molecule has 0 spiro atoms. The Bertz CT molecular complexity index is 1380. The van der Waals surface area contributed by atoms with Crippen molar-refractivity contribution in [3.8, 4) is 28.9 Å². The molecule has 38 heavy (non-hydrogen) atoms. The summed E-state index contributed by atoms with van der Waals surface area (Å²) in [6.07, 6.45) is 0.928. The largest absolute Gasteiger partial charge is 0.379 e. The monoisotopic (exact) mass is 557 g/mol. The average molecular weight is 558 g/mol. The second kappa shape index (κ2) is 12.8. The summed E-state index contributed by atoms with van der Waals surface area (Å²) in [5.41, 5.74) is 6.01. The van der Waals surface area contributed by atoms with Crippen LogP contribution in [-0.4, -0.2) is 58.5 Å². The Morgan fingerprint density at radius 1 is 1.21 bits per heavy atom. The number of nitrogens with one attached hydrogen (secondary N) is 1. The fourth-order valence-corrected chi connectivity index (χ4v) is 4.41. The van der Waals surface area contributed by atoms with Crippen LogP contribution in [0.2, 0.25) is 10.0 Å². The molecule has 1 N–H and O–H groups in total. The molecule has 2 heterocycles. The molecule has 0 radical (unpaired) electrons. The third-order valence-electron chi connectivity index (χ3n) is 5.77. The molecule has 0 aliphatic carbocycles. The van der Waals surface area contributed by atoms with Crippen molar-refractivity contribution in [2.45, 2.75) is 19.8 Å². The van der Waals surface area contributed by atoms with Crippen molar-refractivity contribution in [1.29, 1.82) is 0 Å². The number of amides is 1. The normalized spacial score (nSPS) is 13.4. The van der Waals surface area contributed by atoms with Crippen molar-refractivity contribution < 1.29 is 19.5 Å². The van der Waals surface area contributed by atoms with Gasteiger partial charge in [0, 0.05) is 41.3 Å². The van der Waals surface area contributed by atoms with Crippen LogP contribution in [0.25, 0.3) is 17.1 Å². The quantitative estimate of drug-likeness (QED) is 0.188. The van der Waals surface area contributed by atoms with Crippen LogP contribution in [0.1, 0.15) is 34.6 Å². The van der Waals surface area contributed by atoms with E-state index < -0.39 is 5.09 Å². The van der Waals surface area contributed by atoms with E-state index in [4.69, 9.17) is 32.9 Å². The summed E-state index contributed by atoms with van der Waals surface area (Å²) in [6, 6.07) is 12.6. The van der Waals surface area contributed by atoms with E-state index in [2.05, 4.69) is 22.1 Å². The molecule has 1 fully saturated rings. The number of morpholine rings is 1. The zero-order valence-corrected chi connectivity index (χ0v) is 22.1. The van der Waals surface area contributed by atoms with E-state index >= 15 is 0 Å². The van der Waals surface area contributed by atoms with Crippen LogP contribution >= 0.6 is 23.2 Å². The Morgan fingerprint density at radius 3 is 2.63 bits per heavy atom. The van der Waals surface area contributed by atoms with Gasteiger partial charge in [-0.2, -0.15) is 0 Å². The van der Waals surface area contributed by atoms with Gasteiger partial charge in [0.2, 0.25) is 0 Å². The Labute approximate surface area is 229 Å². The number of imidazole rings is 1. The first-order chi connectivity index (χ1) is 18.3. The van der Waals surface area contributed by atoms with Crippen LogP contribution in [0.5, 0.6) is 0 Å². The molecule has 0 bridgehead atoms. The summed E-state index contributed by atoms with van der Waals surface area (Å²) in [6.45, 7) is 4.11. The second-order valence-corrected chi connectivity index (χ2v) is 9.22. The van der Waals surface area contributed by atoms with Gasteiger partial charge in [0.1, 0.15) is 5.82 Å². The van der Waals surface area contributed by atoms with Crippen LogP contribution in [0.15, 0.2) is 42.5 Å². The maximum Gasteiger partial charge on any atom is 0.294 e. The van der Waals surface area contributed by atoms with Crippen molar-refractivity contribution in [1.82, 2.24) is 20.0 Å². The summed E-state index contributed by atoms with van der Waals surface area (Å²) in [4.78, 5) is 32.4. The van der Waals surface area contributed by atoms with Crippen LogP contribution in [-0.2, 0) is 9.57 Å². The Balaban J connectivity index is 1.62. The minimum absolute atomic E-state index is 0.0119. The molecular weight excluding hydrogens is 533 g/mol. The first-order valence-corrected chi connectivity index (χ1v) is 12.6. The highest BCUT2D eigenvalue weighted by molar-refractivity contribution is 6.36. The van der Waals surface area contributed by atoms with Crippen molar-refractivity contribution in [3.05, 3.63) is 79.6 Å². The average Bonchev–Trinajstić information content (AvgIpc) is 3.23. The lowest BCUT2D eigenvalue weighted by atomic mass is 10.1. The van der Waals surface area contributed by atoms with Crippen molar-refractivity contribution >= 4 is 29.1 Å². The molecule has 1 aromatic heterocycles. The van der Waals surface area contributed by atoms with Crippen molar-refractivity contribution in [2.24, 2.45) is 0 Å². The van der Waals surface area contributed by atoms with E-state index in [9.17, 15) is 14.9 Å². The van der Waals surface area contributed by atoms with E-state index in [1.54, 1.807) is 18.2 Å². The molecule has 0 unspecified atom stereocenters. The van der Waals surface area contributed by atoms with Gasteiger partial charge >= 0.3 is 0 Å². The fourth-order valence-electron chi connectivity index (χ4n) is 3.91. The Hall–Kier alpha value is -3.62. The maximum atomic E-state index is 13.2. The third-order valence-corrected chi connectivity index (χ3v) is 6.31. The van der Waals surface area contributed by atoms with E-state index in [0.29, 0.717) is 66.3 Å². The highest BCUT2D eigenvalue weighted by Gasteiger charge is 2.24. The number of carbonyl (C=O) groups is 1. The summed E-state index contributed by atoms with van der Waals surface area (Å²) < 4.78 is 7.23. The lowest BCUT2D eigenvalue weighted by molar-refractivity contribution is -0.757. The number of benzene rings is 2. The predicted octanol–water partition coefficient (Wildman–Crippen LogP) is 4.47. The molecular formula is C26H25Cl2N5O5. The molecule has 1 saturated heterocycles. The molecule has 1 aliphatic heterocycles. The minimum Gasteiger partial charge on any atom is -0.379 e. The van der Waals surface area contributed by atoms with Gasteiger partial charge in [0.25, 0.3) is 11.0 Å². The third kappa shape index (κ3) is 6.82. The predicted molar refractivity (Wildman–Crippen MR) is 143 cm³/mol. The highest BCUT2D eigenvalue weighted by atomic mass is 35.5. The molecule has 4 rings (SSSR count). The van der Waals surface area contributed by atoms with Gasteiger partial charge in [-0.15, -0.1) is 10.1 Å². The van der Waals surface area contributed by atoms with Crippen LogP contribution in [0.4, 0.5) is 0 Å². The lowest BCUT2D eigenvalue weighted by Gasteiger charge is -2.26. The maximum absolute atomic E-state index is 13.2. The zero-order valence-electron chi connectivity index (χ0n) is 20.6. The molecule has 0 saturated carbocycles.